The van der Waals surface area contributed by atoms with E-state index in [0.29, 0.717) is 11.1 Å². The molecule has 0 aliphatic carbocycles. The number of urea groups is 1. The summed E-state index contributed by atoms with van der Waals surface area (Å²) >= 11 is 0. The Morgan fingerprint density at radius 3 is 1.60 bits per heavy atom. The Morgan fingerprint density at radius 2 is 1.20 bits per heavy atom. The van der Waals surface area contributed by atoms with Crippen molar-refractivity contribution in [3.63, 3.8) is 0 Å². The highest BCUT2D eigenvalue weighted by atomic mass is 16.3. The summed E-state index contributed by atoms with van der Waals surface area (Å²) in [6.07, 6.45) is 0. The van der Waals surface area contributed by atoms with Gasteiger partial charge in [-0.2, -0.15) is 0 Å². The van der Waals surface area contributed by atoms with Gasteiger partial charge < -0.3 is 16.2 Å². The molecule has 0 bridgehead atoms. The number of rotatable bonds is 5. The van der Waals surface area contributed by atoms with Gasteiger partial charge in [0.15, 0.2) is 0 Å². The predicted molar refractivity (Wildman–Crippen MR) is 97.8 cm³/mol. The van der Waals surface area contributed by atoms with Gasteiger partial charge in [-0.25, -0.2) is 4.79 Å². The highest BCUT2D eigenvalue weighted by Gasteiger charge is 2.41. The molecular weight excluding hydrogens is 312 g/mol. The standard InChI is InChI=1S/C21H20N2O2/c22-20(24)23-19(16-10-4-1-5-11-16)21(25,17-12-6-2-7-13-17)18-14-8-3-9-15-18/h1-15,19,25H,(H3,22,23,24)/t19-/m0/s1. The number of primary amides is 1. The maximum atomic E-state index is 11.8. The quantitative estimate of drug-likeness (QED) is 0.670. The third-order valence-corrected chi connectivity index (χ3v) is 4.27. The minimum Gasteiger partial charge on any atom is -0.378 e. The van der Waals surface area contributed by atoms with Gasteiger partial charge in [-0.15, -0.1) is 0 Å². The summed E-state index contributed by atoms with van der Waals surface area (Å²) in [5.41, 5.74) is 6.05. The molecule has 3 aromatic carbocycles. The first-order valence-corrected chi connectivity index (χ1v) is 8.06. The molecule has 0 radical (unpaired) electrons. The fraction of sp³-hybridized carbons (Fsp3) is 0.0952. The van der Waals surface area contributed by atoms with Crippen molar-refractivity contribution >= 4 is 6.03 Å². The monoisotopic (exact) mass is 332 g/mol. The van der Waals surface area contributed by atoms with E-state index in [0.717, 1.165) is 5.56 Å². The van der Waals surface area contributed by atoms with Crippen molar-refractivity contribution in [3.05, 3.63) is 108 Å². The molecule has 2 amide bonds. The first kappa shape index (κ1) is 16.7. The SMILES string of the molecule is NC(=O)N[C@@H](c1ccccc1)C(O)(c1ccccc1)c1ccccc1. The van der Waals surface area contributed by atoms with Crippen molar-refractivity contribution in [2.75, 3.05) is 0 Å². The fourth-order valence-corrected chi connectivity index (χ4v) is 3.10. The molecule has 0 unspecified atom stereocenters. The second-order valence-electron chi connectivity index (χ2n) is 5.85. The second-order valence-corrected chi connectivity index (χ2v) is 5.85. The van der Waals surface area contributed by atoms with Crippen LogP contribution in [-0.4, -0.2) is 11.1 Å². The number of aliphatic hydroxyl groups is 1. The zero-order valence-corrected chi connectivity index (χ0v) is 13.7. The van der Waals surface area contributed by atoms with Crippen LogP contribution in [0, 0.1) is 0 Å². The lowest BCUT2D eigenvalue weighted by molar-refractivity contribution is 0.0406. The number of nitrogens with one attached hydrogen (secondary N) is 1. The van der Waals surface area contributed by atoms with Crippen molar-refractivity contribution in [1.82, 2.24) is 5.32 Å². The Labute approximate surface area is 146 Å². The van der Waals surface area contributed by atoms with Gasteiger partial charge in [0.2, 0.25) is 0 Å². The average Bonchev–Trinajstić information content (AvgIpc) is 2.67. The van der Waals surface area contributed by atoms with Crippen LogP contribution in [0.3, 0.4) is 0 Å². The van der Waals surface area contributed by atoms with Gasteiger partial charge in [-0.1, -0.05) is 91.0 Å². The fourth-order valence-electron chi connectivity index (χ4n) is 3.10. The third kappa shape index (κ3) is 3.39. The van der Waals surface area contributed by atoms with Gasteiger partial charge in [0.1, 0.15) is 5.60 Å². The van der Waals surface area contributed by atoms with Gasteiger partial charge in [-0.05, 0) is 16.7 Å². The molecule has 0 aliphatic rings. The van der Waals surface area contributed by atoms with E-state index in [-0.39, 0.29) is 0 Å². The molecule has 0 aromatic heterocycles. The molecule has 3 aromatic rings. The van der Waals surface area contributed by atoms with E-state index < -0.39 is 17.7 Å². The van der Waals surface area contributed by atoms with Crippen molar-refractivity contribution in [2.24, 2.45) is 5.73 Å². The van der Waals surface area contributed by atoms with Gasteiger partial charge >= 0.3 is 6.03 Å². The number of carbonyl (C=O) groups excluding carboxylic acids is 1. The number of carbonyl (C=O) groups is 1. The van der Waals surface area contributed by atoms with Gasteiger partial charge in [0.05, 0.1) is 6.04 Å². The van der Waals surface area contributed by atoms with E-state index in [1.807, 2.05) is 91.0 Å². The number of hydrogen-bond donors (Lipinski definition) is 3. The molecule has 4 N–H and O–H groups in total. The summed E-state index contributed by atoms with van der Waals surface area (Å²) in [5.74, 6) is 0. The number of hydrogen-bond acceptors (Lipinski definition) is 2. The van der Waals surface area contributed by atoms with E-state index >= 15 is 0 Å². The van der Waals surface area contributed by atoms with Crippen LogP contribution in [0.15, 0.2) is 91.0 Å². The molecule has 3 rings (SSSR count). The minimum atomic E-state index is -1.47. The van der Waals surface area contributed by atoms with E-state index in [4.69, 9.17) is 5.73 Å². The number of amides is 2. The van der Waals surface area contributed by atoms with Crippen LogP contribution in [0.1, 0.15) is 22.7 Å². The molecule has 0 aliphatic heterocycles. The first-order chi connectivity index (χ1) is 12.1. The minimum absolute atomic E-state index is 0.670. The van der Waals surface area contributed by atoms with Crippen LogP contribution >= 0.6 is 0 Å². The molecule has 0 heterocycles. The molecule has 0 spiro atoms. The lowest BCUT2D eigenvalue weighted by atomic mass is 9.77. The topological polar surface area (TPSA) is 75.4 Å². The summed E-state index contributed by atoms with van der Waals surface area (Å²) in [4.78, 5) is 11.7. The van der Waals surface area contributed by atoms with Crippen molar-refractivity contribution in [1.29, 1.82) is 0 Å². The number of nitrogens with two attached hydrogens (primary N) is 1. The van der Waals surface area contributed by atoms with E-state index in [1.54, 1.807) is 0 Å². The molecular formula is C21H20N2O2. The zero-order chi connectivity index (χ0) is 17.7. The van der Waals surface area contributed by atoms with Crippen molar-refractivity contribution < 1.29 is 9.90 Å². The zero-order valence-electron chi connectivity index (χ0n) is 13.7. The van der Waals surface area contributed by atoms with E-state index in [2.05, 4.69) is 5.32 Å². The summed E-state index contributed by atoms with van der Waals surface area (Å²) in [6, 6.07) is 26.4. The second kappa shape index (κ2) is 7.20. The first-order valence-electron chi connectivity index (χ1n) is 8.06. The maximum Gasteiger partial charge on any atom is 0.312 e. The Morgan fingerprint density at radius 1 is 0.800 bits per heavy atom. The van der Waals surface area contributed by atoms with Crippen LogP contribution in [0.5, 0.6) is 0 Å². The highest BCUT2D eigenvalue weighted by molar-refractivity contribution is 5.72. The van der Waals surface area contributed by atoms with Gasteiger partial charge in [0, 0.05) is 0 Å². The molecule has 4 heteroatoms. The molecule has 0 saturated carbocycles. The Balaban J connectivity index is 2.22. The lowest BCUT2D eigenvalue weighted by Gasteiger charge is -2.37. The van der Waals surface area contributed by atoms with Gasteiger partial charge in [0.25, 0.3) is 0 Å². The van der Waals surface area contributed by atoms with Crippen LogP contribution in [0.4, 0.5) is 4.79 Å². The van der Waals surface area contributed by atoms with E-state index in [9.17, 15) is 9.90 Å². The molecule has 126 valence electrons. The van der Waals surface area contributed by atoms with Crippen LogP contribution in [0.2, 0.25) is 0 Å². The molecule has 0 fully saturated rings. The summed E-state index contributed by atoms with van der Waals surface area (Å²) in [5, 5.41) is 14.6. The molecule has 1 atom stereocenters. The summed E-state index contributed by atoms with van der Waals surface area (Å²) in [7, 11) is 0. The Hall–Kier alpha value is -3.11. The maximum absolute atomic E-state index is 11.8. The normalized spacial score (nSPS) is 12.4. The molecule has 25 heavy (non-hydrogen) atoms. The Kier molecular flexibility index (Phi) is 4.82. The van der Waals surface area contributed by atoms with Gasteiger partial charge in [-0.3, -0.25) is 0 Å². The third-order valence-electron chi connectivity index (χ3n) is 4.27. The average molecular weight is 332 g/mol. The molecule has 0 saturated heterocycles. The lowest BCUT2D eigenvalue weighted by Crippen LogP contribution is -2.46. The smallest absolute Gasteiger partial charge is 0.312 e. The van der Waals surface area contributed by atoms with E-state index in [1.165, 1.54) is 0 Å². The predicted octanol–water partition coefficient (Wildman–Crippen LogP) is 3.33. The van der Waals surface area contributed by atoms with Crippen LogP contribution in [0.25, 0.3) is 0 Å². The number of benzene rings is 3. The van der Waals surface area contributed by atoms with Crippen molar-refractivity contribution in [2.45, 2.75) is 11.6 Å². The summed E-state index contributed by atoms with van der Waals surface area (Å²) in [6.45, 7) is 0. The Bertz CT molecular complexity index is 781. The highest BCUT2D eigenvalue weighted by Crippen LogP contribution is 2.40. The van der Waals surface area contributed by atoms with Crippen molar-refractivity contribution in [3.8, 4) is 0 Å². The largest absolute Gasteiger partial charge is 0.378 e. The van der Waals surface area contributed by atoms with Crippen LogP contribution < -0.4 is 11.1 Å². The summed E-state index contributed by atoms with van der Waals surface area (Å²) < 4.78 is 0. The van der Waals surface area contributed by atoms with Crippen LogP contribution in [-0.2, 0) is 5.60 Å². The molecule has 4 nitrogen and oxygen atoms in total.